The molecule has 0 saturated heterocycles. The van der Waals surface area contributed by atoms with Crippen LogP contribution in [0.4, 0.5) is 0 Å². The Morgan fingerprint density at radius 2 is 1.81 bits per heavy atom. The van der Waals surface area contributed by atoms with Crippen LogP contribution in [0.15, 0.2) is 24.3 Å². The van der Waals surface area contributed by atoms with Gasteiger partial charge in [-0.3, -0.25) is 0 Å². The average Bonchev–Trinajstić information content (AvgIpc) is 2.42. The van der Waals surface area contributed by atoms with Crippen molar-refractivity contribution in [3.05, 3.63) is 35.4 Å². The molecular weight excluding hydrogens is 262 g/mol. The lowest BCUT2D eigenvalue weighted by Gasteiger charge is -2.26. The van der Waals surface area contributed by atoms with E-state index in [1.54, 1.807) is 7.11 Å². The van der Waals surface area contributed by atoms with E-state index < -0.39 is 0 Å². The van der Waals surface area contributed by atoms with E-state index in [4.69, 9.17) is 9.47 Å². The molecule has 1 aromatic carbocycles. The Hall–Kier alpha value is -0.900. The Morgan fingerprint density at radius 3 is 2.43 bits per heavy atom. The van der Waals surface area contributed by atoms with Crippen LogP contribution in [0.5, 0.6) is 0 Å². The van der Waals surface area contributed by atoms with Crippen LogP contribution >= 0.6 is 0 Å². The van der Waals surface area contributed by atoms with Crippen molar-refractivity contribution in [3.63, 3.8) is 0 Å². The Balaban J connectivity index is 2.60. The van der Waals surface area contributed by atoms with Gasteiger partial charge in [0.2, 0.25) is 0 Å². The molecule has 0 saturated carbocycles. The number of nitrogens with one attached hydrogen (secondary N) is 1. The van der Waals surface area contributed by atoms with Gasteiger partial charge in [0.05, 0.1) is 13.2 Å². The van der Waals surface area contributed by atoms with Gasteiger partial charge < -0.3 is 14.8 Å². The van der Waals surface area contributed by atoms with Crippen LogP contribution in [-0.2, 0) is 9.47 Å². The topological polar surface area (TPSA) is 30.5 Å². The fourth-order valence-corrected chi connectivity index (χ4v) is 2.31. The maximum Gasteiger partial charge on any atom is 0.0700 e. The number of methoxy groups -OCH3 is 1. The van der Waals surface area contributed by atoms with Gasteiger partial charge >= 0.3 is 0 Å². The molecule has 3 heteroatoms. The van der Waals surface area contributed by atoms with E-state index in [9.17, 15) is 0 Å². The molecular formula is C18H31NO2. The number of benzene rings is 1. The molecule has 1 atom stereocenters. The number of hydrogen-bond acceptors (Lipinski definition) is 3. The molecule has 1 aromatic rings. The van der Waals surface area contributed by atoms with Crippen LogP contribution in [0.2, 0.25) is 0 Å². The summed E-state index contributed by atoms with van der Waals surface area (Å²) in [6.07, 6.45) is 1.03. The van der Waals surface area contributed by atoms with Gasteiger partial charge in [-0.2, -0.15) is 0 Å². The van der Waals surface area contributed by atoms with Crippen molar-refractivity contribution in [2.24, 2.45) is 0 Å². The fraction of sp³-hybridized carbons (Fsp3) is 0.667. The molecule has 0 aliphatic carbocycles. The molecule has 0 aliphatic rings. The summed E-state index contributed by atoms with van der Waals surface area (Å²) in [5.41, 5.74) is 2.91. The predicted octanol–water partition coefficient (Wildman–Crippen LogP) is 3.52. The molecule has 0 aromatic heterocycles. The largest absolute Gasteiger partial charge is 0.382 e. The van der Waals surface area contributed by atoms with E-state index in [1.807, 2.05) is 0 Å². The monoisotopic (exact) mass is 293 g/mol. The van der Waals surface area contributed by atoms with Crippen LogP contribution in [0, 0.1) is 6.92 Å². The highest BCUT2D eigenvalue weighted by atomic mass is 16.5. The molecule has 0 aliphatic heterocycles. The first-order chi connectivity index (χ1) is 9.94. The second-order valence-electron chi connectivity index (χ2n) is 6.58. The number of ether oxygens (including phenoxy) is 2. The lowest BCUT2D eigenvalue weighted by atomic mass is 9.91. The summed E-state index contributed by atoms with van der Waals surface area (Å²) in [4.78, 5) is 0. The average molecular weight is 293 g/mol. The third-order valence-electron chi connectivity index (χ3n) is 3.55. The maximum atomic E-state index is 5.65. The summed E-state index contributed by atoms with van der Waals surface area (Å²) in [6, 6.07) is 8.64. The van der Waals surface area contributed by atoms with Crippen LogP contribution in [0.1, 0.15) is 44.2 Å². The first-order valence-electron chi connectivity index (χ1n) is 7.81. The second-order valence-corrected chi connectivity index (χ2v) is 6.58. The number of rotatable bonds is 9. The van der Waals surface area contributed by atoms with E-state index in [0.29, 0.717) is 19.1 Å². The van der Waals surface area contributed by atoms with Crippen molar-refractivity contribution in [1.82, 2.24) is 5.32 Å². The van der Waals surface area contributed by atoms with Gasteiger partial charge in [0, 0.05) is 25.8 Å². The predicted molar refractivity (Wildman–Crippen MR) is 89.0 cm³/mol. The van der Waals surface area contributed by atoms with Crippen LogP contribution in [0.3, 0.4) is 0 Å². The van der Waals surface area contributed by atoms with Gasteiger partial charge in [0.25, 0.3) is 0 Å². The highest BCUT2D eigenvalue weighted by Crippen LogP contribution is 2.23. The smallest absolute Gasteiger partial charge is 0.0700 e. The van der Waals surface area contributed by atoms with E-state index in [1.165, 1.54) is 11.1 Å². The van der Waals surface area contributed by atoms with Gasteiger partial charge in [0.1, 0.15) is 0 Å². The molecule has 0 fully saturated rings. The zero-order valence-electron chi connectivity index (χ0n) is 14.2. The Labute approximate surface area is 130 Å². The van der Waals surface area contributed by atoms with Crippen molar-refractivity contribution in [3.8, 4) is 0 Å². The minimum atomic E-state index is 0.137. The Kier molecular flexibility index (Phi) is 7.94. The van der Waals surface area contributed by atoms with Crippen molar-refractivity contribution >= 4 is 0 Å². The minimum absolute atomic E-state index is 0.137. The third kappa shape index (κ3) is 7.60. The summed E-state index contributed by atoms with van der Waals surface area (Å²) >= 11 is 0. The molecule has 0 radical (unpaired) electrons. The van der Waals surface area contributed by atoms with Gasteiger partial charge in [-0.05, 0) is 51.2 Å². The summed E-state index contributed by atoms with van der Waals surface area (Å²) in [6.45, 7) is 11.9. The molecule has 0 spiro atoms. The molecule has 1 unspecified atom stereocenters. The van der Waals surface area contributed by atoms with Gasteiger partial charge in [-0.25, -0.2) is 0 Å². The van der Waals surface area contributed by atoms with E-state index in [0.717, 1.165) is 19.6 Å². The van der Waals surface area contributed by atoms with Crippen LogP contribution < -0.4 is 5.32 Å². The SMILES string of the molecule is COCCOCCC(CNC(C)(C)C)c1ccccc1C. The first kappa shape index (κ1) is 18.1. The normalized spacial score (nSPS) is 13.4. The quantitative estimate of drug-likeness (QED) is 0.707. The second kappa shape index (κ2) is 9.19. The lowest BCUT2D eigenvalue weighted by Crippen LogP contribution is -2.39. The van der Waals surface area contributed by atoms with Crippen molar-refractivity contribution < 1.29 is 9.47 Å². The molecule has 120 valence electrons. The van der Waals surface area contributed by atoms with Crippen molar-refractivity contribution in [2.45, 2.75) is 45.6 Å². The standard InChI is InChI=1S/C18H31NO2/c1-15-8-6-7-9-17(15)16(14-19-18(2,3)4)10-11-21-13-12-20-5/h6-9,16,19H,10-14H2,1-5H3. The third-order valence-corrected chi connectivity index (χ3v) is 3.55. The molecule has 21 heavy (non-hydrogen) atoms. The van der Waals surface area contributed by atoms with E-state index >= 15 is 0 Å². The number of hydrogen-bond donors (Lipinski definition) is 1. The van der Waals surface area contributed by atoms with Gasteiger partial charge in [-0.1, -0.05) is 24.3 Å². The summed E-state index contributed by atoms with van der Waals surface area (Å²) in [5, 5.41) is 3.62. The van der Waals surface area contributed by atoms with Gasteiger partial charge in [-0.15, -0.1) is 0 Å². The summed E-state index contributed by atoms with van der Waals surface area (Å²) in [7, 11) is 1.70. The fourth-order valence-electron chi connectivity index (χ4n) is 2.31. The van der Waals surface area contributed by atoms with E-state index in [2.05, 4.69) is 57.3 Å². The molecule has 0 heterocycles. The summed E-state index contributed by atoms with van der Waals surface area (Å²) in [5.74, 6) is 0.480. The van der Waals surface area contributed by atoms with Crippen LogP contribution in [-0.4, -0.2) is 39.0 Å². The first-order valence-corrected chi connectivity index (χ1v) is 7.81. The molecule has 1 N–H and O–H groups in total. The molecule has 1 rings (SSSR count). The van der Waals surface area contributed by atoms with Crippen molar-refractivity contribution in [2.75, 3.05) is 33.5 Å². The van der Waals surface area contributed by atoms with Crippen LogP contribution in [0.25, 0.3) is 0 Å². The van der Waals surface area contributed by atoms with E-state index in [-0.39, 0.29) is 5.54 Å². The molecule has 0 amide bonds. The van der Waals surface area contributed by atoms with Gasteiger partial charge in [0.15, 0.2) is 0 Å². The molecule has 3 nitrogen and oxygen atoms in total. The Morgan fingerprint density at radius 1 is 1.10 bits per heavy atom. The minimum Gasteiger partial charge on any atom is -0.382 e. The highest BCUT2D eigenvalue weighted by molar-refractivity contribution is 5.29. The molecule has 0 bridgehead atoms. The highest BCUT2D eigenvalue weighted by Gasteiger charge is 2.17. The maximum absolute atomic E-state index is 5.65. The zero-order chi connectivity index (χ0) is 15.7. The Bertz CT molecular complexity index is 398. The van der Waals surface area contributed by atoms with Crippen molar-refractivity contribution in [1.29, 1.82) is 0 Å². The lowest BCUT2D eigenvalue weighted by molar-refractivity contribution is 0.0667. The zero-order valence-corrected chi connectivity index (χ0v) is 14.2. The number of aryl methyl sites for hydroxylation is 1. The summed E-state index contributed by atoms with van der Waals surface area (Å²) < 4.78 is 10.7.